The van der Waals surface area contributed by atoms with Gasteiger partial charge in [-0.05, 0) is 49.7 Å². The summed E-state index contributed by atoms with van der Waals surface area (Å²) in [6.07, 6.45) is 0.974. The Labute approximate surface area is 140 Å². The monoisotopic (exact) mass is 337 g/mol. The fourth-order valence-corrected chi connectivity index (χ4v) is 1.95. The van der Waals surface area contributed by atoms with Crippen molar-refractivity contribution in [1.82, 2.24) is 25.5 Å². The molecule has 0 fully saturated rings. The van der Waals surface area contributed by atoms with Crippen LogP contribution in [0.4, 0.5) is 0 Å². The van der Waals surface area contributed by atoms with E-state index in [-0.39, 0.29) is 18.6 Å². The van der Waals surface area contributed by atoms with Crippen molar-refractivity contribution in [3.05, 3.63) is 29.3 Å². The zero-order valence-electron chi connectivity index (χ0n) is 13.2. The number of ether oxygens (including phenoxy) is 1. The van der Waals surface area contributed by atoms with Gasteiger partial charge in [-0.15, -0.1) is 10.2 Å². The largest absolute Gasteiger partial charge is 0.379 e. The number of carbonyl (C=O) groups excluding carboxylic acids is 1. The molecule has 2 rings (SSSR count). The number of benzene rings is 1. The standard InChI is InChI=1S/C15H20ClN5O2/c1-11(2)23-9-3-8-17-14(22)10-21-19-15(18-20-21)12-4-6-13(16)7-5-12/h4-7,11H,3,8-10H2,1-2H3,(H,17,22). The van der Waals surface area contributed by atoms with Gasteiger partial charge in [0, 0.05) is 23.7 Å². The van der Waals surface area contributed by atoms with E-state index in [4.69, 9.17) is 16.3 Å². The van der Waals surface area contributed by atoms with Gasteiger partial charge in [-0.1, -0.05) is 11.6 Å². The molecule has 1 N–H and O–H groups in total. The molecule has 0 unspecified atom stereocenters. The van der Waals surface area contributed by atoms with Gasteiger partial charge in [-0.3, -0.25) is 4.79 Å². The minimum atomic E-state index is -0.158. The van der Waals surface area contributed by atoms with E-state index in [2.05, 4.69) is 20.7 Å². The third kappa shape index (κ3) is 5.96. The third-order valence-corrected chi connectivity index (χ3v) is 3.19. The lowest BCUT2D eigenvalue weighted by atomic mass is 10.2. The molecule has 124 valence electrons. The van der Waals surface area contributed by atoms with E-state index in [0.29, 0.717) is 24.0 Å². The average molecular weight is 338 g/mol. The molecular formula is C15H20ClN5O2. The second kappa shape index (κ2) is 8.59. The van der Waals surface area contributed by atoms with E-state index < -0.39 is 0 Å². The van der Waals surface area contributed by atoms with Crippen LogP contribution < -0.4 is 5.32 Å². The summed E-state index contributed by atoms with van der Waals surface area (Å²) in [5, 5.41) is 15.4. The molecule has 0 aliphatic rings. The topological polar surface area (TPSA) is 81.9 Å². The minimum absolute atomic E-state index is 0.0334. The highest BCUT2D eigenvalue weighted by Crippen LogP contribution is 2.16. The van der Waals surface area contributed by atoms with Gasteiger partial charge in [0.25, 0.3) is 0 Å². The smallest absolute Gasteiger partial charge is 0.243 e. The Morgan fingerprint density at radius 1 is 1.35 bits per heavy atom. The maximum Gasteiger partial charge on any atom is 0.243 e. The van der Waals surface area contributed by atoms with Crippen LogP contribution in [-0.4, -0.2) is 45.4 Å². The second-order valence-corrected chi connectivity index (χ2v) is 5.71. The number of rotatable bonds is 8. The molecule has 0 saturated heterocycles. The van der Waals surface area contributed by atoms with Crippen LogP contribution in [0.2, 0.25) is 5.02 Å². The van der Waals surface area contributed by atoms with Gasteiger partial charge in [0.05, 0.1) is 6.10 Å². The van der Waals surface area contributed by atoms with Crippen molar-refractivity contribution in [3.63, 3.8) is 0 Å². The quantitative estimate of drug-likeness (QED) is 0.744. The molecule has 1 aromatic heterocycles. The highest BCUT2D eigenvalue weighted by Gasteiger charge is 2.09. The van der Waals surface area contributed by atoms with Crippen molar-refractivity contribution in [2.45, 2.75) is 32.9 Å². The molecule has 0 radical (unpaired) electrons. The first kappa shape index (κ1) is 17.4. The van der Waals surface area contributed by atoms with Crippen LogP contribution in [0.25, 0.3) is 11.4 Å². The van der Waals surface area contributed by atoms with Gasteiger partial charge in [-0.25, -0.2) is 0 Å². The molecule has 8 heteroatoms. The number of tetrazole rings is 1. The SMILES string of the molecule is CC(C)OCCCNC(=O)Cn1nnc(-c2ccc(Cl)cc2)n1. The molecule has 0 spiro atoms. The number of nitrogens with zero attached hydrogens (tertiary/aromatic N) is 4. The van der Waals surface area contributed by atoms with Crippen LogP contribution in [0.5, 0.6) is 0 Å². The summed E-state index contributed by atoms with van der Waals surface area (Å²) in [4.78, 5) is 13.1. The van der Waals surface area contributed by atoms with Crippen molar-refractivity contribution in [1.29, 1.82) is 0 Å². The number of nitrogens with one attached hydrogen (secondary N) is 1. The van der Waals surface area contributed by atoms with E-state index in [0.717, 1.165) is 12.0 Å². The number of carbonyl (C=O) groups is 1. The first-order chi connectivity index (χ1) is 11.0. The molecule has 1 heterocycles. The van der Waals surface area contributed by atoms with Gasteiger partial charge in [0.15, 0.2) is 0 Å². The van der Waals surface area contributed by atoms with Crippen LogP contribution in [0.1, 0.15) is 20.3 Å². The van der Waals surface area contributed by atoms with Crippen molar-refractivity contribution in [3.8, 4) is 11.4 Å². The predicted molar refractivity (Wildman–Crippen MR) is 87.0 cm³/mol. The molecule has 2 aromatic rings. The molecule has 0 aliphatic heterocycles. The molecule has 0 saturated carbocycles. The average Bonchev–Trinajstić information content (AvgIpc) is 2.95. The molecular weight excluding hydrogens is 318 g/mol. The number of hydrogen-bond donors (Lipinski definition) is 1. The minimum Gasteiger partial charge on any atom is -0.379 e. The maximum absolute atomic E-state index is 11.8. The Hall–Kier alpha value is -1.99. The van der Waals surface area contributed by atoms with E-state index in [1.54, 1.807) is 24.3 Å². The van der Waals surface area contributed by atoms with Crippen molar-refractivity contribution < 1.29 is 9.53 Å². The fraction of sp³-hybridized carbons (Fsp3) is 0.467. The maximum atomic E-state index is 11.8. The Kier molecular flexibility index (Phi) is 6.49. The highest BCUT2D eigenvalue weighted by atomic mass is 35.5. The Balaban J connectivity index is 1.77. The van der Waals surface area contributed by atoms with E-state index in [1.807, 2.05) is 13.8 Å². The van der Waals surface area contributed by atoms with Crippen LogP contribution >= 0.6 is 11.6 Å². The lowest BCUT2D eigenvalue weighted by Gasteiger charge is -2.07. The first-order valence-corrected chi connectivity index (χ1v) is 7.84. The van der Waals surface area contributed by atoms with E-state index in [1.165, 1.54) is 4.80 Å². The number of halogens is 1. The van der Waals surface area contributed by atoms with Crippen LogP contribution in [0.15, 0.2) is 24.3 Å². The zero-order valence-corrected chi connectivity index (χ0v) is 14.0. The molecule has 23 heavy (non-hydrogen) atoms. The first-order valence-electron chi connectivity index (χ1n) is 7.46. The Bertz CT molecular complexity index is 627. The third-order valence-electron chi connectivity index (χ3n) is 2.93. The summed E-state index contributed by atoms with van der Waals surface area (Å²) >= 11 is 5.84. The summed E-state index contributed by atoms with van der Waals surface area (Å²) in [6.45, 7) is 5.18. The zero-order chi connectivity index (χ0) is 16.7. The van der Waals surface area contributed by atoms with Crippen molar-refractivity contribution in [2.75, 3.05) is 13.2 Å². The summed E-state index contributed by atoms with van der Waals surface area (Å²) in [7, 11) is 0. The van der Waals surface area contributed by atoms with Crippen LogP contribution in [-0.2, 0) is 16.1 Å². The second-order valence-electron chi connectivity index (χ2n) is 5.27. The van der Waals surface area contributed by atoms with Gasteiger partial charge in [-0.2, -0.15) is 4.80 Å². The summed E-state index contributed by atoms with van der Waals surface area (Å²) < 4.78 is 5.40. The number of aromatic nitrogens is 4. The summed E-state index contributed by atoms with van der Waals surface area (Å²) in [5.41, 5.74) is 0.798. The molecule has 0 aliphatic carbocycles. The summed E-state index contributed by atoms with van der Waals surface area (Å²) in [5.74, 6) is 0.300. The van der Waals surface area contributed by atoms with Crippen molar-refractivity contribution >= 4 is 17.5 Å². The van der Waals surface area contributed by atoms with E-state index >= 15 is 0 Å². The van der Waals surface area contributed by atoms with Crippen LogP contribution in [0, 0.1) is 0 Å². The van der Waals surface area contributed by atoms with Gasteiger partial charge >= 0.3 is 0 Å². The Morgan fingerprint density at radius 3 is 2.78 bits per heavy atom. The Morgan fingerprint density at radius 2 is 2.09 bits per heavy atom. The summed E-state index contributed by atoms with van der Waals surface area (Å²) in [6, 6.07) is 7.12. The lowest BCUT2D eigenvalue weighted by Crippen LogP contribution is -2.30. The van der Waals surface area contributed by atoms with Crippen LogP contribution in [0.3, 0.4) is 0 Å². The normalized spacial score (nSPS) is 11.0. The van der Waals surface area contributed by atoms with Gasteiger partial charge in [0.2, 0.25) is 11.7 Å². The van der Waals surface area contributed by atoms with Gasteiger partial charge < -0.3 is 10.1 Å². The fourth-order valence-electron chi connectivity index (χ4n) is 1.83. The molecule has 1 amide bonds. The highest BCUT2D eigenvalue weighted by molar-refractivity contribution is 6.30. The molecule has 1 aromatic carbocycles. The predicted octanol–water partition coefficient (Wildman–Crippen LogP) is 1.92. The molecule has 7 nitrogen and oxygen atoms in total. The number of hydrogen-bond acceptors (Lipinski definition) is 5. The number of amides is 1. The molecule has 0 atom stereocenters. The van der Waals surface area contributed by atoms with Crippen molar-refractivity contribution in [2.24, 2.45) is 0 Å². The van der Waals surface area contributed by atoms with Gasteiger partial charge in [0.1, 0.15) is 6.54 Å². The molecule has 0 bridgehead atoms. The lowest BCUT2D eigenvalue weighted by molar-refractivity contribution is -0.122. The van der Waals surface area contributed by atoms with E-state index in [9.17, 15) is 4.79 Å².